The fourth-order valence-corrected chi connectivity index (χ4v) is 2.10. The van der Waals surface area contributed by atoms with Gasteiger partial charge in [0.15, 0.2) is 0 Å². The first kappa shape index (κ1) is 11.6. The van der Waals surface area contributed by atoms with E-state index in [1.807, 2.05) is 6.07 Å². The van der Waals surface area contributed by atoms with Crippen molar-refractivity contribution in [3.05, 3.63) is 35.1 Å². The minimum atomic E-state index is -0.176. The molecule has 0 bridgehead atoms. The largest absolute Gasteiger partial charge is 0.326 e. The Morgan fingerprint density at radius 3 is 2.56 bits per heavy atom. The summed E-state index contributed by atoms with van der Waals surface area (Å²) in [4.78, 5) is 2.40. The maximum Gasteiger partial charge on any atom is 0.123 e. The predicted octanol–water partition coefficient (Wildman–Crippen LogP) is 2.27. The van der Waals surface area contributed by atoms with E-state index in [0.29, 0.717) is 6.54 Å². The standard InChI is InChI=1S/C13H19FN2/c1-2-16(13-3-4-13)9-11-5-10(8-15)6-12(14)7-11/h5-7,13H,2-4,8-9,15H2,1H3. The normalized spacial score (nSPS) is 15.8. The Balaban J connectivity index is 2.09. The zero-order chi connectivity index (χ0) is 11.5. The van der Waals surface area contributed by atoms with E-state index in [1.54, 1.807) is 6.07 Å². The van der Waals surface area contributed by atoms with Gasteiger partial charge in [-0.05, 0) is 42.6 Å². The maximum atomic E-state index is 13.3. The number of halogens is 1. The van der Waals surface area contributed by atoms with Crippen LogP contribution < -0.4 is 5.73 Å². The Bertz CT molecular complexity index is 361. The van der Waals surface area contributed by atoms with Crippen molar-refractivity contribution >= 4 is 0 Å². The van der Waals surface area contributed by atoms with E-state index in [4.69, 9.17) is 5.73 Å². The molecule has 0 radical (unpaired) electrons. The number of hydrogen-bond donors (Lipinski definition) is 1. The van der Waals surface area contributed by atoms with Gasteiger partial charge >= 0.3 is 0 Å². The summed E-state index contributed by atoms with van der Waals surface area (Å²) < 4.78 is 13.3. The summed E-state index contributed by atoms with van der Waals surface area (Å²) >= 11 is 0. The van der Waals surface area contributed by atoms with Gasteiger partial charge in [0, 0.05) is 19.1 Å². The van der Waals surface area contributed by atoms with Crippen LogP contribution in [-0.4, -0.2) is 17.5 Å². The second kappa shape index (κ2) is 4.93. The highest BCUT2D eigenvalue weighted by atomic mass is 19.1. The SMILES string of the molecule is CCN(Cc1cc(F)cc(CN)c1)C1CC1. The predicted molar refractivity (Wildman–Crippen MR) is 63.4 cm³/mol. The zero-order valence-electron chi connectivity index (χ0n) is 9.75. The van der Waals surface area contributed by atoms with Crippen LogP contribution in [0.25, 0.3) is 0 Å². The molecule has 1 aromatic carbocycles. The number of hydrogen-bond acceptors (Lipinski definition) is 2. The summed E-state index contributed by atoms with van der Waals surface area (Å²) in [6.07, 6.45) is 2.57. The monoisotopic (exact) mass is 222 g/mol. The first-order valence-corrected chi connectivity index (χ1v) is 5.95. The lowest BCUT2D eigenvalue weighted by Gasteiger charge is -2.20. The van der Waals surface area contributed by atoms with E-state index in [-0.39, 0.29) is 5.82 Å². The number of benzene rings is 1. The Morgan fingerprint density at radius 1 is 1.31 bits per heavy atom. The van der Waals surface area contributed by atoms with Crippen LogP contribution in [-0.2, 0) is 13.1 Å². The van der Waals surface area contributed by atoms with Crippen molar-refractivity contribution in [1.82, 2.24) is 4.90 Å². The van der Waals surface area contributed by atoms with Crippen LogP contribution in [0.3, 0.4) is 0 Å². The van der Waals surface area contributed by atoms with Gasteiger partial charge in [-0.1, -0.05) is 13.0 Å². The Hall–Kier alpha value is -0.930. The van der Waals surface area contributed by atoms with Gasteiger partial charge < -0.3 is 5.73 Å². The minimum absolute atomic E-state index is 0.176. The van der Waals surface area contributed by atoms with Crippen LogP contribution in [0.5, 0.6) is 0 Å². The van der Waals surface area contributed by atoms with Gasteiger partial charge in [-0.15, -0.1) is 0 Å². The zero-order valence-corrected chi connectivity index (χ0v) is 9.75. The van der Waals surface area contributed by atoms with Crippen LogP contribution in [0.4, 0.5) is 4.39 Å². The van der Waals surface area contributed by atoms with E-state index in [1.165, 1.54) is 18.9 Å². The lowest BCUT2D eigenvalue weighted by Crippen LogP contribution is -2.25. The van der Waals surface area contributed by atoms with Crippen molar-refractivity contribution in [2.75, 3.05) is 6.54 Å². The van der Waals surface area contributed by atoms with Gasteiger partial charge in [0.05, 0.1) is 0 Å². The molecule has 0 unspecified atom stereocenters. The van der Waals surface area contributed by atoms with E-state index >= 15 is 0 Å². The topological polar surface area (TPSA) is 29.3 Å². The molecule has 2 N–H and O–H groups in total. The molecule has 1 aliphatic rings. The molecule has 0 aliphatic heterocycles. The summed E-state index contributed by atoms with van der Waals surface area (Å²) in [5.74, 6) is -0.176. The molecule has 1 saturated carbocycles. The molecular weight excluding hydrogens is 203 g/mol. The van der Waals surface area contributed by atoms with Gasteiger partial charge in [-0.25, -0.2) is 4.39 Å². The highest BCUT2D eigenvalue weighted by molar-refractivity contribution is 5.24. The molecule has 1 aliphatic carbocycles. The molecule has 0 aromatic heterocycles. The molecule has 1 aromatic rings. The molecule has 0 atom stereocenters. The lowest BCUT2D eigenvalue weighted by atomic mass is 10.1. The molecule has 0 amide bonds. The van der Waals surface area contributed by atoms with Crippen molar-refractivity contribution in [2.24, 2.45) is 5.73 Å². The second-order valence-electron chi connectivity index (χ2n) is 4.47. The van der Waals surface area contributed by atoms with Crippen LogP contribution in [0.1, 0.15) is 30.9 Å². The number of nitrogens with zero attached hydrogens (tertiary/aromatic N) is 1. The Kier molecular flexibility index (Phi) is 3.56. The van der Waals surface area contributed by atoms with Gasteiger partial charge in [0.1, 0.15) is 5.82 Å². The van der Waals surface area contributed by atoms with Crippen molar-refractivity contribution in [2.45, 2.75) is 38.9 Å². The van der Waals surface area contributed by atoms with Crippen molar-refractivity contribution in [1.29, 1.82) is 0 Å². The minimum Gasteiger partial charge on any atom is -0.326 e. The van der Waals surface area contributed by atoms with E-state index in [2.05, 4.69) is 11.8 Å². The molecular formula is C13H19FN2. The summed E-state index contributed by atoms with van der Waals surface area (Å²) in [6, 6.07) is 5.85. The molecule has 1 fully saturated rings. The van der Waals surface area contributed by atoms with E-state index in [9.17, 15) is 4.39 Å². The summed E-state index contributed by atoms with van der Waals surface area (Å²) in [5.41, 5.74) is 7.46. The molecule has 3 heteroatoms. The molecule has 16 heavy (non-hydrogen) atoms. The quantitative estimate of drug-likeness (QED) is 0.828. The average molecular weight is 222 g/mol. The van der Waals surface area contributed by atoms with Gasteiger partial charge in [0.25, 0.3) is 0 Å². The fourth-order valence-electron chi connectivity index (χ4n) is 2.10. The second-order valence-corrected chi connectivity index (χ2v) is 4.47. The van der Waals surface area contributed by atoms with Crippen molar-refractivity contribution in [3.8, 4) is 0 Å². The third kappa shape index (κ3) is 2.80. The maximum absolute atomic E-state index is 13.3. The highest BCUT2D eigenvalue weighted by Crippen LogP contribution is 2.28. The van der Waals surface area contributed by atoms with Gasteiger partial charge in [-0.2, -0.15) is 0 Å². The smallest absolute Gasteiger partial charge is 0.123 e. The molecule has 2 rings (SSSR count). The summed E-state index contributed by atoms with van der Waals surface area (Å²) in [7, 11) is 0. The third-order valence-electron chi connectivity index (χ3n) is 3.11. The Morgan fingerprint density at radius 2 is 2.00 bits per heavy atom. The van der Waals surface area contributed by atoms with Crippen LogP contribution in [0.2, 0.25) is 0 Å². The summed E-state index contributed by atoms with van der Waals surface area (Å²) in [6.45, 7) is 4.42. The van der Waals surface area contributed by atoms with Crippen molar-refractivity contribution < 1.29 is 4.39 Å². The molecule has 2 nitrogen and oxygen atoms in total. The highest BCUT2D eigenvalue weighted by Gasteiger charge is 2.27. The molecule has 0 spiro atoms. The van der Waals surface area contributed by atoms with E-state index < -0.39 is 0 Å². The van der Waals surface area contributed by atoms with Crippen molar-refractivity contribution in [3.63, 3.8) is 0 Å². The molecule has 0 saturated heterocycles. The first-order valence-electron chi connectivity index (χ1n) is 5.95. The van der Waals surface area contributed by atoms with Crippen LogP contribution >= 0.6 is 0 Å². The molecule has 0 heterocycles. The lowest BCUT2D eigenvalue weighted by molar-refractivity contribution is 0.269. The van der Waals surface area contributed by atoms with E-state index in [0.717, 1.165) is 30.3 Å². The average Bonchev–Trinajstić information content (AvgIpc) is 3.09. The Labute approximate surface area is 96.2 Å². The number of nitrogens with two attached hydrogens (primary N) is 1. The first-order chi connectivity index (χ1) is 7.72. The van der Waals surface area contributed by atoms with Crippen LogP contribution in [0.15, 0.2) is 18.2 Å². The molecule has 88 valence electrons. The fraction of sp³-hybridized carbons (Fsp3) is 0.538. The summed E-state index contributed by atoms with van der Waals surface area (Å²) in [5, 5.41) is 0. The number of rotatable bonds is 5. The van der Waals surface area contributed by atoms with Crippen LogP contribution in [0, 0.1) is 5.82 Å². The van der Waals surface area contributed by atoms with Gasteiger partial charge in [0.2, 0.25) is 0 Å². The third-order valence-corrected chi connectivity index (χ3v) is 3.11. The van der Waals surface area contributed by atoms with Gasteiger partial charge in [-0.3, -0.25) is 4.90 Å².